The van der Waals surface area contributed by atoms with Crippen LogP contribution >= 0.6 is 28.3 Å². The molecule has 1 fully saturated rings. The lowest BCUT2D eigenvalue weighted by molar-refractivity contribution is 0.122. The minimum Gasteiger partial charge on any atom is -0.494 e. The van der Waals surface area contributed by atoms with E-state index in [9.17, 15) is 0 Å². The van der Waals surface area contributed by atoms with Crippen LogP contribution in [0.1, 0.15) is 5.56 Å². The number of aromatic nitrogens is 3. The molecule has 1 N–H and O–H groups in total. The van der Waals surface area contributed by atoms with Gasteiger partial charge in [0.05, 0.1) is 42.0 Å². The van der Waals surface area contributed by atoms with Gasteiger partial charge in [0.15, 0.2) is 0 Å². The van der Waals surface area contributed by atoms with E-state index in [1.54, 1.807) is 7.11 Å². The Balaban J connectivity index is 0.00000218. The highest BCUT2D eigenvalue weighted by atomic mass is 79.9. The molecule has 0 unspecified atom stereocenters. The molecular weight excluding hydrogens is 470 g/mol. The summed E-state index contributed by atoms with van der Waals surface area (Å²) in [6.07, 6.45) is 2.84. The minimum absolute atomic E-state index is 0. The molecule has 0 spiro atoms. The van der Waals surface area contributed by atoms with Gasteiger partial charge in [-0.15, -0.1) is 12.4 Å². The number of rotatable bonds is 4. The fourth-order valence-corrected chi connectivity index (χ4v) is 4.40. The highest BCUT2D eigenvalue weighted by Crippen LogP contribution is 2.34. The second-order valence-corrected chi connectivity index (χ2v) is 7.93. The molecule has 5 rings (SSSR count). The molecule has 0 amide bonds. The maximum atomic E-state index is 5.63. The van der Waals surface area contributed by atoms with Gasteiger partial charge in [-0.2, -0.15) is 0 Å². The van der Waals surface area contributed by atoms with Crippen molar-refractivity contribution in [3.8, 4) is 17.1 Å². The highest BCUT2D eigenvalue weighted by molar-refractivity contribution is 9.10. The van der Waals surface area contributed by atoms with Crippen molar-refractivity contribution < 1.29 is 9.47 Å². The van der Waals surface area contributed by atoms with Crippen molar-refractivity contribution in [2.45, 2.75) is 13.0 Å². The molecule has 30 heavy (non-hydrogen) atoms. The van der Waals surface area contributed by atoms with Crippen LogP contribution in [-0.2, 0) is 17.7 Å². The summed E-state index contributed by atoms with van der Waals surface area (Å²) in [5.74, 6) is 1.33. The summed E-state index contributed by atoms with van der Waals surface area (Å²) in [5, 5.41) is 3.33. The van der Waals surface area contributed by atoms with Gasteiger partial charge in [0.25, 0.3) is 0 Å². The predicted molar refractivity (Wildman–Crippen MR) is 123 cm³/mol. The first-order valence-electron chi connectivity index (χ1n) is 9.72. The van der Waals surface area contributed by atoms with Crippen molar-refractivity contribution in [3.63, 3.8) is 0 Å². The molecular formula is C21H23BrClN5O2. The van der Waals surface area contributed by atoms with E-state index < -0.39 is 0 Å². The van der Waals surface area contributed by atoms with Crippen LogP contribution in [0.5, 0.6) is 5.75 Å². The van der Waals surface area contributed by atoms with Crippen LogP contribution in [0.2, 0.25) is 0 Å². The van der Waals surface area contributed by atoms with Gasteiger partial charge < -0.3 is 24.3 Å². The van der Waals surface area contributed by atoms with Crippen molar-refractivity contribution in [2.24, 2.45) is 0 Å². The van der Waals surface area contributed by atoms with Crippen LogP contribution in [0, 0.1) is 0 Å². The van der Waals surface area contributed by atoms with Crippen LogP contribution < -0.4 is 15.0 Å². The Hall–Kier alpha value is -2.29. The zero-order valence-corrected chi connectivity index (χ0v) is 19.0. The predicted octanol–water partition coefficient (Wildman–Crippen LogP) is 4.27. The van der Waals surface area contributed by atoms with Crippen LogP contribution in [-0.4, -0.2) is 47.9 Å². The summed E-state index contributed by atoms with van der Waals surface area (Å²) < 4.78 is 14.4. The van der Waals surface area contributed by atoms with Crippen molar-refractivity contribution in [3.05, 3.63) is 46.7 Å². The first kappa shape index (κ1) is 21.0. The number of anilines is 3. The Labute approximate surface area is 190 Å². The smallest absolute Gasteiger partial charge is 0.227 e. The first-order chi connectivity index (χ1) is 14.2. The number of hydrogen-bond donors (Lipinski definition) is 1. The normalized spacial score (nSPS) is 15.1. The number of nitrogens with one attached hydrogen (secondary N) is 1. The highest BCUT2D eigenvalue weighted by Gasteiger charge is 2.20. The Kier molecular flexibility index (Phi) is 6.17. The third-order valence-electron chi connectivity index (χ3n) is 5.45. The standard InChI is InChI=1S/C21H22BrN5O2.ClH/c1-28-18-12-15(26-8-10-29-11-9-26)2-3-16(18)24-21-23-13-14-6-7-27-17(20(14)25-21)4-5-19(27)22;/h2-5,12-13H,6-11H2,1H3,(H,23,24,25);1H. The number of fused-ring (bicyclic) bond motifs is 3. The van der Waals surface area contributed by atoms with Crippen LogP contribution in [0.25, 0.3) is 11.4 Å². The number of aryl methyl sites for hydroxylation is 1. The molecule has 0 radical (unpaired) electrons. The molecule has 3 aromatic rings. The van der Waals surface area contributed by atoms with E-state index in [2.05, 4.69) is 53.9 Å². The van der Waals surface area contributed by atoms with E-state index in [-0.39, 0.29) is 12.4 Å². The lowest BCUT2D eigenvalue weighted by atomic mass is 10.1. The number of halogens is 2. The molecule has 0 atom stereocenters. The molecule has 0 bridgehead atoms. The van der Waals surface area contributed by atoms with Crippen LogP contribution in [0.15, 0.2) is 41.1 Å². The minimum atomic E-state index is 0. The number of morpholine rings is 1. The van der Waals surface area contributed by atoms with Crippen LogP contribution in [0.4, 0.5) is 17.3 Å². The largest absolute Gasteiger partial charge is 0.494 e. The maximum Gasteiger partial charge on any atom is 0.227 e. The number of ether oxygens (including phenoxy) is 2. The summed E-state index contributed by atoms with van der Waals surface area (Å²) in [7, 11) is 1.68. The van der Waals surface area contributed by atoms with Crippen molar-refractivity contribution in [2.75, 3.05) is 43.6 Å². The van der Waals surface area contributed by atoms with E-state index in [4.69, 9.17) is 14.5 Å². The molecule has 1 saturated heterocycles. The molecule has 2 aromatic heterocycles. The molecule has 0 aliphatic carbocycles. The van der Waals surface area contributed by atoms with Gasteiger partial charge in [-0.1, -0.05) is 0 Å². The molecule has 158 valence electrons. The van der Waals surface area contributed by atoms with E-state index in [1.807, 2.05) is 18.3 Å². The fourth-order valence-electron chi connectivity index (χ4n) is 3.90. The third kappa shape index (κ3) is 3.87. The second-order valence-electron chi connectivity index (χ2n) is 7.12. The molecule has 0 saturated carbocycles. The maximum absolute atomic E-state index is 5.63. The summed E-state index contributed by atoms with van der Waals surface area (Å²) in [4.78, 5) is 11.6. The van der Waals surface area contributed by atoms with Crippen molar-refractivity contribution >= 4 is 45.7 Å². The fraction of sp³-hybridized carbons (Fsp3) is 0.333. The monoisotopic (exact) mass is 491 g/mol. The molecule has 9 heteroatoms. The zero-order chi connectivity index (χ0) is 19.8. The third-order valence-corrected chi connectivity index (χ3v) is 6.14. The summed E-state index contributed by atoms with van der Waals surface area (Å²) in [6, 6.07) is 10.3. The number of nitrogens with zero attached hydrogens (tertiary/aromatic N) is 4. The Morgan fingerprint density at radius 2 is 1.97 bits per heavy atom. The van der Waals surface area contributed by atoms with Crippen molar-refractivity contribution in [1.82, 2.24) is 14.5 Å². The van der Waals surface area contributed by atoms with Gasteiger partial charge in [0, 0.05) is 43.1 Å². The molecule has 1 aromatic carbocycles. The van der Waals surface area contributed by atoms with Crippen LogP contribution in [0.3, 0.4) is 0 Å². The average Bonchev–Trinajstić information content (AvgIpc) is 3.16. The van der Waals surface area contributed by atoms with Gasteiger partial charge in [-0.25, -0.2) is 9.97 Å². The van der Waals surface area contributed by atoms with E-state index in [1.165, 1.54) is 5.56 Å². The molecule has 4 heterocycles. The summed E-state index contributed by atoms with van der Waals surface area (Å²) in [5.41, 5.74) is 5.23. The SMILES string of the molecule is COc1cc(N2CCOCC2)ccc1Nc1ncc2c(n1)-c1ccc(Br)n1CC2.Cl. The first-order valence-corrected chi connectivity index (χ1v) is 10.5. The Morgan fingerprint density at radius 3 is 2.77 bits per heavy atom. The van der Waals surface area contributed by atoms with E-state index in [0.717, 1.165) is 72.4 Å². The van der Waals surface area contributed by atoms with E-state index >= 15 is 0 Å². The van der Waals surface area contributed by atoms with Gasteiger partial charge in [-0.3, -0.25) is 0 Å². The molecule has 2 aliphatic rings. The van der Waals surface area contributed by atoms with E-state index in [0.29, 0.717) is 5.95 Å². The topological polar surface area (TPSA) is 64.4 Å². The Bertz CT molecular complexity index is 1050. The molecule has 7 nitrogen and oxygen atoms in total. The van der Waals surface area contributed by atoms with Gasteiger partial charge in [0.1, 0.15) is 5.75 Å². The lowest BCUT2D eigenvalue weighted by Crippen LogP contribution is -2.36. The number of benzene rings is 1. The number of hydrogen-bond acceptors (Lipinski definition) is 6. The van der Waals surface area contributed by atoms with Gasteiger partial charge in [0.2, 0.25) is 5.95 Å². The summed E-state index contributed by atoms with van der Waals surface area (Å²) in [6.45, 7) is 4.22. The van der Waals surface area contributed by atoms with Gasteiger partial charge >= 0.3 is 0 Å². The summed E-state index contributed by atoms with van der Waals surface area (Å²) >= 11 is 3.61. The molecule has 2 aliphatic heterocycles. The zero-order valence-electron chi connectivity index (χ0n) is 16.6. The van der Waals surface area contributed by atoms with Crippen molar-refractivity contribution in [1.29, 1.82) is 0 Å². The average molecular weight is 493 g/mol. The number of methoxy groups -OCH3 is 1. The quantitative estimate of drug-likeness (QED) is 0.587. The second kappa shape index (κ2) is 8.83. The lowest BCUT2D eigenvalue weighted by Gasteiger charge is -2.29. The Morgan fingerprint density at radius 1 is 1.13 bits per heavy atom. The van der Waals surface area contributed by atoms with Gasteiger partial charge in [-0.05, 0) is 46.6 Å².